The number of imide groups is 1. The van der Waals surface area contributed by atoms with E-state index in [2.05, 4.69) is 4.74 Å². The van der Waals surface area contributed by atoms with Gasteiger partial charge in [-0.25, -0.2) is 0 Å². The van der Waals surface area contributed by atoms with Gasteiger partial charge in [0.15, 0.2) is 0 Å². The molecule has 1 N–H and O–H groups in total. The van der Waals surface area contributed by atoms with Gasteiger partial charge in [0, 0.05) is 0 Å². The molecule has 0 radical (unpaired) electrons. The number of halogens is 3. The summed E-state index contributed by atoms with van der Waals surface area (Å²) < 4.78 is 2.24. The molecule has 0 aliphatic carbocycles. The van der Waals surface area contributed by atoms with Crippen molar-refractivity contribution >= 4 is 52.6 Å². The minimum atomic E-state index is -2.23. The van der Waals surface area contributed by atoms with Crippen molar-refractivity contribution in [2.24, 2.45) is 0 Å². The summed E-state index contributed by atoms with van der Waals surface area (Å²) in [6.45, 7) is 1.73. The van der Waals surface area contributed by atoms with Crippen molar-refractivity contribution in [1.29, 1.82) is 0 Å². The van der Waals surface area contributed by atoms with Gasteiger partial charge in [-0.1, -0.05) is 34.8 Å². The van der Waals surface area contributed by atoms with E-state index in [4.69, 9.17) is 34.8 Å². The molecule has 8 heteroatoms. The maximum Gasteiger partial charge on any atom is 0.315 e. The lowest BCUT2D eigenvalue weighted by molar-refractivity contribution is -0.146. The number of alkyl halides is 3. The Kier molecular flexibility index (Phi) is 5.93. The molecule has 0 fully saturated rings. The summed E-state index contributed by atoms with van der Waals surface area (Å²) in [5.41, 5.74) is 0. The van der Waals surface area contributed by atoms with E-state index in [9.17, 15) is 14.4 Å². The van der Waals surface area contributed by atoms with Gasteiger partial charge in [0.25, 0.3) is 9.70 Å². The molecule has 15 heavy (non-hydrogen) atoms. The molecule has 0 saturated carbocycles. The lowest BCUT2D eigenvalue weighted by Crippen LogP contribution is -2.39. The maximum atomic E-state index is 11.0. The summed E-state index contributed by atoms with van der Waals surface area (Å²) in [5.74, 6) is -2.75. The second kappa shape index (κ2) is 6.15. The van der Waals surface area contributed by atoms with E-state index in [0.717, 1.165) is 0 Å². The second-order valence-electron chi connectivity index (χ2n) is 2.36. The second-order valence-corrected chi connectivity index (χ2v) is 4.64. The zero-order chi connectivity index (χ0) is 12.1. The number of rotatable bonds is 3. The third-order valence-electron chi connectivity index (χ3n) is 1.12. The monoisotopic (exact) mass is 275 g/mol. The number of hydrogen-bond donors (Lipinski definition) is 1. The van der Waals surface area contributed by atoms with Gasteiger partial charge in [0.05, 0.1) is 6.61 Å². The van der Waals surface area contributed by atoms with Gasteiger partial charge in [-0.05, 0) is 6.92 Å². The molecule has 86 valence electrons. The van der Waals surface area contributed by atoms with E-state index in [1.807, 2.05) is 0 Å². The van der Waals surface area contributed by atoms with E-state index >= 15 is 0 Å². The van der Waals surface area contributed by atoms with Gasteiger partial charge < -0.3 is 4.74 Å². The first-order valence-corrected chi connectivity index (χ1v) is 4.97. The van der Waals surface area contributed by atoms with Crippen LogP contribution in [0, 0.1) is 0 Å². The minimum absolute atomic E-state index is 0.143. The predicted molar refractivity (Wildman–Crippen MR) is 54.7 cm³/mol. The number of ether oxygens (including phenoxy) is 1. The number of esters is 1. The lowest BCUT2D eigenvalue weighted by Gasteiger charge is -2.09. The van der Waals surface area contributed by atoms with Crippen LogP contribution in [-0.2, 0) is 19.1 Å². The molecule has 0 rings (SSSR count). The zero-order valence-corrected chi connectivity index (χ0v) is 9.95. The van der Waals surface area contributed by atoms with Crippen LogP contribution in [0.4, 0.5) is 0 Å². The van der Waals surface area contributed by atoms with Crippen LogP contribution in [0.3, 0.4) is 0 Å². The Hall–Kier alpha value is -0.520. The Morgan fingerprint density at radius 3 is 2.20 bits per heavy atom. The molecule has 0 aliphatic heterocycles. The molecule has 0 heterocycles. The SMILES string of the molecule is CCOC(=O)CC(=O)NC(=O)C(Cl)(Cl)Cl. The molecule has 0 atom stereocenters. The summed E-state index contributed by atoms with van der Waals surface area (Å²) in [4.78, 5) is 32.7. The molecule has 0 spiro atoms. The molecule has 5 nitrogen and oxygen atoms in total. The van der Waals surface area contributed by atoms with Crippen LogP contribution in [0.5, 0.6) is 0 Å². The van der Waals surface area contributed by atoms with Crippen LogP contribution in [-0.4, -0.2) is 28.2 Å². The molecular weight excluding hydrogens is 268 g/mol. The van der Waals surface area contributed by atoms with Gasteiger partial charge >= 0.3 is 5.97 Å². The molecular formula is C7H8Cl3NO4. The molecule has 0 aromatic heterocycles. The highest BCUT2D eigenvalue weighted by Gasteiger charge is 2.32. The van der Waals surface area contributed by atoms with Gasteiger partial charge in [0.2, 0.25) is 5.91 Å². The molecule has 0 aromatic carbocycles. The van der Waals surface area contributed by atoms with Crippen molar-refractivity contribution in [2.45, 2.75) is 17.1 Å². The fourth-order valence-corrected chi connectivity index (χ4v) is 0.727. The normalized spacial score (nSPS) is 10.7. The van der Waals surface area contributed by atoms with Crippen LogP contribution < -0.4 is 5.32 Å². The molecule has 0 saturated heterocycles. The van der Waals surface area contributed by atoms with Crippen molar-refractivity contribution in [2.75, 3.05) is 6.61 Å². The third-order valence-corrected chi connectivity index (χ3v) is 1.64. The summed E-state index contributed by atoms with van der Waals surface area (Å²) in [6, 6.07) is 0. The number of carbonyl (C=O) groups excluding carboxylic acids is 3. The van der Waals surface area contributed by atoms with Gasteiger partial charge in [0.1, 0.15) is 6.42 Å². The fraction of sp³-hybridized carbons (Fsp3) is 0.571. The zero-order valence-electron chi connectivity index (χ0n) is 7.68. The fourth-order valence-electron chi connectivity index (χ4n) is 0.585. The van der Waals surface area contributed by atoms with Crippen LogP contribution >= 0.6 is 34.8 Å². The average Bonchev–Trinajstić information content (AvgIpc) is 2.01. The summed E-state index contributed by atoms with van der Waals surface area (Å²) >= 11 is 15.5. The van der Waals surface area contributed by atoms with Gasteiger partial charge in [-0.2, -0.15) is 0 Å². The lowest BCUT2D eigenvalue weighted by atomic mass is 10.4. The first-order chi connectivity index (χ1) is 6.77. The van der Waals surface area contributed by atoms with Gasteiger partial charge in [-0.3, -0.25) is 19.7 Å². The molecule has 0 unspecified atom stereocenters. The summed E-state index contributed by atoms with van der Waals surface area (Å²) in [5, 5.41) is 1.73. The van der Waals surface area contributed by atoms with E-state index in [-0.39, 0.29) is 6.61 Å². The van der Waals surface area contributed by atoms with Crippen molar-refractivity contribution in [3.8, 4) is 0 Å². The highest BCUT2D eigenvalue weighted by atomic mass is 35.6. The van der Waals surface area contributed by atoms with Crippen LogP contribution in [0.2, 0.25) is 0 Å². The van der Waals surface area contributed by atoms with Crippen molar-refractivity contribution < 1.29 is 19.1 Å². The summed E-state index contributed by atoms with van der Waals surface area (Å²) in [6.07, 6.45) is -0.597. The first-order valence-electron chi connectivity index (χ1n) is 3.84. The van der Waals surface area contributed by atoms with Crippen LogP contribution in [0.15, 0.2) is 0 Å². The Morgan fingerprint density at radius 1 is 1.27 bits per heavy atom. The molecule has 0 aromatic rings. The Morgan fingerprint density at radius 2 is 1.80 bits per heavy atom. The predicted octanol–water partition coefficient (Wildman–Crippen LogP) is 0.953. The Balaban J connectivity index is 4.05. The highest BCUT2D eigenvalue weighted by molar-refractivity contribution is 6.76. The van der Waals surface area contributed by atoms with E-state index in [0.29, 0.717) is 0 Å². The number of carbonyl (C=O) groups is 3. The smallest absolute Gasteiger partial charge is 0.315 e. The van der Waals surface area contributed by atoms with E-state index in [1.54, 1.807) is 12.2 Å². The Bertz CT molecular complexity index is 274. The average molecular weight is 277 g/mol. The third kappa shape index (κ3) is 6.54. The molecule has 0 aliphatic rings. The van der Waals surface area contributed by atoms with Crippen molar-refractivity contribution in [3.63, 3.8) is 0 Å². The topological polar surface area (TPSA) is 72.5 Å². The first kappa shape index (κ1) is 14.5. The quantitative estimate of drug-likeness (QED) is 0.473. The maximum absolute atomic E-state index is 11.0. The van der Waals surface area contributed by atoms with Crippen LogP contribution in [0.25, 0.3) is 0 Å². The van der Waals surface area contributed by atoms with Crippen molar-refractivity contribution in [3.05, 3.63) is 0 Å². The minimum Gasteiger partial charge on any atom is -0.466 e. The van der Waals surface area contributed by atoms with E-state index < -0.39 is 28.0 Å². The van der Waals surface area contributed by atoms with Crippen LogP contribution in [0.1, 0.15) is 13.3 Å². The number of amides is 2. The Labute approximate surface area is 101 Å². The summed E-state index contributed by atoms with van der Waals surface area (Å²) in [7, 11) is 0. The molecule has 0 bridgehead atoms. The number of nitrogens with one attached hydrogen (secondary N) is 1. The van der Waals surface area contributed by atoms with Gasteiger partial charge in [-0.15, -0.1) is 0 Å². The molecule has 2 amide bonds. The largest absolute Gasteiger partial charge is 0.466 e. The number of hydrogen-bond acceptors (Lipinski definition) is 4. The standard InChI is InChI=1S/C7H8Cl3NO4/c1-2-15-5(13)3-4(12)11-6(14)7(8,9)10/h2-3H2,1H3,(H,11,12,14). The highest BCUT2D eigenvalue weighted by Crippen LogP contribution is 2.25. The van der Waals surface area contributed by atoms with Crippen molar-refractivity contribution in [1.82, 2.24) is 5.32 Å². The van der Waals surface area contributed by atoms with E-state index in [1.165, 1.54) is 0 Å².